The maximum absolute atomic E-state index is 14.0. The second-order valence-corrected chi connectivity index (χ2v) is 7.89. The average Bonchev–Trinajstić information content (AvgIpc) is 2.88. The molecule has 9 nitrogen and oxygen atoms in total. The smallest absolute Gasteiger partial charge is 0.336 e. The third kappa shape index (κ3) is 5.69. The van der Waals surface area contributed by atoms with Crippen molar-refractivity contribution in [3.8, 4) is 23.0 Å². The number of ether oxygens (including phenoxy) is 4. The van der Waals surface area contributed by atoms with Gasteiger partial charge in [0, 0.05) is 18.2 Å². The molecule has 3 aromatic rings. The molecule has 0 radical (unpaired) electrons. The summed E-state index contributed by atoms with van der Waals surface area (Å²) < 4.78 is 36.2. The van der Waals surface area contributed by atoms with E-state index in [0.29, 0.717) is 11.5 Å². The molecular formula is C24H23ClFN3O6S. The van der Waals surface area contributed by atoms with Crippen molar-refractivity contribution in [2.45, 2.75) is 0 Å². The molecule has 0 atom stereocenters. The van der Waals surface area contributed by atoms with Gasteiger partial charge in [0.1, 0.15) is 34.5 Å². The van der Waals surface area contributed by atoms with Crippen LogP contribution in [0.15, 0.2) is 48.5 Å². The van der Waals surface area contributed by atoms with Crippen LogP contribution in [0.25, 0.3) is 0 Å². The lowest BCUT2D eigenvalue weighted by molar-refractivity contribution is 0.102. The van der Waals surface area contributed by atoms with Crippen LogP contribution >= 0.6 is 24.4 Å². The largest absolute Gasteiger partial charge is 0.495 e. The van der Waals surface area contributed by atoms with E-state index in [2.05, 4.69) is 23.4 Å². The van der Waals surface area contributed by atoms with Crippen molar-refractivity contribution in [1.82, 2.24) is 0 Å². The average molecular weight is 536 g/mol. The van der Waals surface area contributed by atoms with Crippen LogP contribution in [-0.2, 0) is 0 Å². The molecule has 190 valence electrons. The van der Waals surface area contributed by atoms with E-state index >= 15 is 0 Å². The molecule has 2 N–H and O–H groups in total. The van der Waals surface area contributed by atoms with Crippen LogP contribution < -0.4 is 33.9 Å². The molecule has 0 saturated carbocycles. The van der Waals surface area contributed by atoms with Gasteiger partial charge in [-0.05, 0) is 18.2 Å². The Morgan fingerprint density at radius 1 is 0.833 bits per heavy atom. The lowest BCUT2D eigenvalue weighted by Gasteiger charge is -2.22. The van der Waals surface area contributed by atoms with Gasteiger partial charge in [-0.25, -0.2) is 13.5 Å². The van der Waals surface area contributed by atoms with Crippen LogP contribution in [0.2, 0.25) is 5.02 Å². The zero-order chi connectivity index (χ0) is 26.4. The second kappa shape index (κ2) is 11.7. The van der Waals surface area contributed by atoms with Crippen molar-refractivity contribution in [1.29, 1.82) is 0 Å². The highest BCUT2D eigenvalue weighted by molar-refractivity contribution is 7.82. The van der Waals surface area contributed by atoms with Gasteiger partial charge in [-0.1, -0.05) is 36.5 Å². The molecule has 36 heavy (non-hydrogen) atoms. The van der Waals surface area contributed by atoms with Gasteiger partial charge in [0.2, 0.25) is 0 Å². The molecule has 0 saturated heterocycles. The van der Waals surface area contributed by atoms with E-state index in [1.165, 1.54) is 70.9 Å². The van der Waals surface area contributed by atoms with Crippen molar-refractivity contribution in [3.63, 3.8) is 0 Å². The van der Waals surface area contributed by atoms with Crippen LogP contribution in [0.1, 0.15) is 10.4 Å². The van der Waals surface area contributed by atoms with Gasteiger partial charge in [-0.2, -0.15) is 0 Å². The Hall–Kier alpha value is -3.83. The second-order valence-electron chi connectivity index (χ2n) is 7.09. The molecule has 12 heteroatoms. The fourth-order valence-electron chi connectivity index (χ4n) is 3.22. The minimum atomic E-state index is -0.690. The molecule has 0 spiro atoms. The summed E-state index contributed by atoms with van der Waals surface area (Å²) in [5, 5.41) is 5.50. The number of nitrogens with one attached hydrogen (secondary N) is 2. The maximum Gasteiger partial charge on any atom is 0.336 e. The first-order chi connectivity index (χ1) is 17.2. The monoisotopic (exact) mass is 535 g/mol. The first-order valence-corrected chi connectivity index (χ1v) is 11.0. The van der Waals surface area contributed by atoms with Gasteiger partial charge in [0.25, 0.3) is 5.91 Å². The minimum Gasteiger partial charge on any atom is -0.495 e. The molecule has 0 aromatic heterocycles. The van der Waals surface area contributed by atoms with Gasteiger partial charge in [-0.15, -0.1) is 0 Å². The van der Waals surface area contributed by atoms with E-state index in [1.807, 2.05) is 0 Å². The third-order valence-electron chi connectivity index (χ3n) is 5.00. The number of methoxy groups -OCH3 is 4. The predicted molar refractivity (Wildman–Crippen MR) is 139 cm³/mol. The van der Waals surface area contributed by atoms with Crippen LogP contribution in [0.3, 0.4) is 0 Å². The van der Waals surface area contributed by atoms with Crippen LogP contribution in [0.4, 0.5) is 26.2 Å². The van der Waals surface area contributed by atoms with E-state index in [4.69, 9.17) is 30.5 Å². The molecule has 0 aliphatic rings. The Labute approximate surface area is 217 Å². The quantitative estimate of drug-likeness (QED) is 0.322. The molecule has 0 aliphatic carbocycles. The third-order valence-corrected chi connectivity index (χ3v) is 5.70. The summed E-state index contributed by atoms with van der Waals surface area (Å²) in [5.41, 5.74) is 0.506. The van der Waals surface area contributed by atoms with Gasteiger partial charge in [-0.3, -0.25) is 4.79 Å². The van der Waals surface area contributed by atoms with E-state index in [9.17, 15) is 14.0 Å². The Morgan fingerprint density at radius 2 is 1.42 bits per heavy atom. The molecule has 0 heterocycles. The number of hydrogen-bond donors (Lipinski definition) is 3. The maximum atomic E-state index is 14.0. The Morgan fingerprint density at radius 3 is 2.03 bits per heavy atom. The number of rotatable bonds is 8. The molecule has 0 aliphatic heterocycles. The number of halogens is 2. The van der Waals surface area contributed by atoms with Crippen molar-refractivity contribution >= 4 is 53.4 Å². The molecule has 0 bridgehead atoms. The summed E-state index contributed by atoms with van der Waals surface area (Å²) in [6.45, 7) is 0. The number of hydrogen-bond acceptors (Lipinski definition) is 7. The molecule has 3 rings (SSSR count). The van der Waals surface area contributed by atoms with Crippen molar-refractivity contribution in [3.05, 3.63) is 64.9 Å². The molecular weight excluding hydrogens is 513 g/mol. The standard InChI is InChI=1S/C24H23ClFN3O6S/c1-32-19-12-21(34-3)16(9-14(19)25)28-24(31)29(36)18-11-20(33-2)17(10-22(18)35-4)27-23(30)13-7-5-6-8-15(13)26/h5-12,36H,1-4H3,(H,27,30)(H,28,31). The number of nitrogens with zero attached hydrogens (tertiary/aromatic N) is 1. The SMILES string of the molecule is COc1cc(OC)c(NC(=O)N(S)c2cc(OC)c(NC(=O)c3ccccc3F)cc2OC)cc1Cl. The van der Waals surface area contributed by atoms with Gasteiger partial charge in [0.05, 0.1) is 50.4 Å². The van der Waals surface area contributed by atoms with Gasteiger partial charge in [0.15, 0.2) is 0 Å². The number of anilines is 3. The highest BCUT2D eigenvalue weighted by Crippen LogP contribution is 2.41. The number of carbonyl (C=O) groups is 2. The number of benzene rings is 3. The number of amides is 3. The molecule has 0 fully saturated rings. The molecule has 0 unspecified atom stereocenters. The Kier molecular flexibility index (Phi) is 8.73. The molecule has 3 aromatic carbocycles. The first-order valence-electron chi connectivity index (χ1n) is 10.3. The predicted octanol–water partition coefficient (Wildman–Crippen LogP) is 5.65. The zero-order valence-corrected chi connectivity index (χ0v) is 21.4. The number of urea groups is 1. The fraction of sp³-hybridized carbons (Fsp3) is 0.167. The van der Waals surface area contributed by atoms with Crippen molar-refractivity contribution in [2.24, 2.45) is 0 Å². The summed E-state index contributed by atoms with van der Waals surface area (Å²) in [4.78, 5) is 25.6. The topological polar surface area (TPSA) is 98.4 Å². The Balaban J connectivity index is 1.90. The van der Waals surface area contributed by atoms with E-state index in [1.54, 1.807) is 6.07 Å². The number of carbonyl (C=O) groups excluding carboxylic acids is 2. The normalized spacial score (nSPS) is 10.3. The first kappa shape index (κ1) is 26.8. The lowest BCUT2D eigenvalue weighted by Crippen LogP contribution is -2.27. The van der Waals surface area contributed by atoms with Gasteiger partial charge < -0.3 is 29.6 Å². The summed E-state index contributed by atoms with van der Waals surface area (Å²) >= 11 is 10.5. The van der Waals surface area contributed by atoms with Crippen molar-refractivity contribution in [2.75, 3.05) is 43.4 Å². The fourth-order valence-corrected chi connectivity index (χ4v) is 3.66. The van der Waals surface area contributed by atoms with Gasteiger partial charge >= 0.3 is 6.03 Å². The van der Waals surface area contributed by atoms with E-state index < -0.39 is 17.8 Å². The van der Waals surface area contributed by atoms with E-state index in [-0.39, 0.29) is 39.1 Å². The highest BCUT2D eigenvalue weighted by atomic mass is 35.5. The Bertz CT molecular complexity index is 1290. The minimum absolute atomic E-state index is 0.148. The van der Waals surface area contributed by atoms with Crippen molar-refractivity contribution < 1.29 is 32.9 Å². The summed E-state index contributed by atoms with van der Waals surface area (Å²) in [7, 11) is 5.63. The summed E-state index contributed by atoms with van der Waals surface area (Å²) in [6.07, 6.45) is 0. The summed E-state index contributed by atoms with van der Waals surface area (Å²) in [6, 6.07) is 10.7. The zero-order valence-electron chi connectivity index (χ0n) is 19.7. The van der Waals surface area contributed by atoms with Crippen LogP contribution in [0.5, 0.6) is 23.0 Å². The highest BCUT2D eigenvalue weighted by Gasteiger charge is 2.23. The molecule has 3 amide bonds. The summed E-state index contributed by atoms with van der Waals surface area (Å²) in [5.74, 6) is -0.345. The lowest BCUT2D eigenvalue weighted by atomic mass is 10.1. The van der Waals surface area contributed by atoms with E-state index in [0.717, 1.165) is 4.31 Å². The van der Waals surface area contributed by atoms with Crippen LogP contribution in [0, 0.1) is 5.82 Å². The number of thiol groups is 1. The van der Waals surface area contributed by atoms with Crippen LogP contribution in [-0.4, -0.2) is 40.4 Å².